The van der Waals surface area contributed by atoms with Gasteiger partial charge in [0.05, 0.1) is 16.1 Å². The van der Waals surface area contributed by atoms with Crippen molar-refractivity contribution in [3.05, 3.63) is 78.4 Å². The molecular formula is C26H28N2O3S2. The van der Waals surface area contributed by atoms with Crippen molar-refractivity contribution in [3.63, 3.8) is 0 Å². The molecule has 1 aliphatic heterocycles. The van der Waals surface area contributed by atoms with Crippen LogP contribution in [0, 0.1) is 0 Å². The Bertz CT molecular complexity index is 1220. The number of rotatable bonds is 6. The van der Waals surface area contributed by atoms with E-state index in [0.717, 1.165) is 41.7 Å². The van der Waals surface area contributed by atoms with Crippen LogP contribution < -0.4 is 4.72 Å². The van der Waals surface area contributed by atoms with Crippen LogP contribution in [0.3, 0.4) is 0 Å². The lowest BCUT2D eigenvalue weighted by atomic mass is 10.0. The molecule has 0 aromatic heterocycles. The number of hydrogen-bond donors (Lipinski definition) is 1. The van der Waals surface area contributed by atoms with Gasteiger partial charge in [0.1, 0.15) is 0 Å². The summed E-state index contributed by atoms with van der Waals surface area (Å²) in [5.74, 6) is -0.0945. The van der Waals surface area contributed by atoms with Crippen LogP contribution in [0.25, 0.3) is 11.1 Å². The normalized spacial score (nSPS) is 14.5. The average molecular weight is 481 g/mol. The summed E-state index contributed by atoms with van der Waals surface area (Å²) < 4.78 is 29.4. The molecule has 7 heteroatoms. The minimum absolute atomic E-state index is 0.0846. The smallest absolute Gasteiger partial charge is 0.261 e. The largest absolute Gasteiger partial charge is 0.339 e. The summed E-state index contributed by atoms with van der Waals surface area (Å²) in [5.41, 5.74) is 2.66. The third kappa shape index (κ3) is 5.42. The molecule has 4 rings (SSSR count). The fourth-order valence-corrected chi connectivity index (χ4v) is 5.79. The van der Waals surface area contributed by atoms with E-state index in [1.165, 1.54) is 17.8 Å². The van der Waals surface area contributed by atoms with Crippen LogP contribution in [0.2, 0.25) is 0 Å². The van der Waals surface area contributed by atoms with Crippen LogP contribution in [0.15, 0.2) is 82.6 Å². The lowest BCUT2D eigenvalue weighted by Gasteiger charge is -2.22. The van der Waals surface area contributed by atoms with Crippen molar-refractivity contribution in [2.24, 2.45) is 0 Å². The van der Waals surface area contributed by atoms with Crippen LogP contribution in [0.5, 0.6) is 0 Å². The van der Waals surface area contributed by atoms with Gasteiger partial charge in [0.15, 0.2) is 0 Å². The molecule has 1 fully saturated rings. The second kappa shape index (κ2) is 10.4. The number of benzene rings is 3. The molecule has 3 aromatic rings. The molecule has 0 bridgehead atoms. The van der Waals surface area contributed by atoms with E-state index in [0.29, 0.717) is 24.3 Å². The average Bonchev–Trinajstić information content (AvgIpc) is 3.13. The first kappa shape index (κ1) is 23.4. The molecule has 3 aromatic carbocycles. The molecule has 0 aliphatic carbocycles. The Morgan fingerprint density at radius 1 is 0.879 bits per heavy atom. The topological polar surface area (TPSA) is 66.5 Å². The number of para-hydroxylation sites is 1. The molecule has 0 radical (unpaired) electrons. The van der Waals surface area contributed by atoms with E-state index >= 15 is 0 Å². The maximum Gasteiger partial charge on any atom is 0.261 e. The van der Waals surface area contributed by atoms with Gasteiger partial charge in [-0.25, -0.2) is 8.42 Å². The molecule has 1 N–H and O–H groups in total. The maximum absolute atomic E-state index is 13.3. The standard InChI is InChI=1S/C26H28N2O3S2/c1-32-25-16-15-21(19-23(25)26(29)28-17-9-2-3-10-18-28)33(30,31)27-24-14-8-7-13-22(24)20-11-5-4-6-12-20/h4-8,11-16,19,27H,2-3,9-10,17-18H2,1H3. The molecule has 0 unspecified atom stereocenters. The number of anilines is 1. The second-order valence-electron chi connectivity index (χ2n) is 8.09. The molecular weight excluding hydrogens is 452 g/mol. The number of nitrogens with zero attached hydrogens (tertiary/aromatic N) is 1. The number of amides is 1. The SMILES string of the molecule is CSc1ccc(S(=O)(=O)Nc2ccccc2-c2ccccc2)cc1C(=O)N1CCCCCC1. The zero-order valence-electron chi connectivity index (χ0n) is 18.7. The molecule has 0 atom stereocenters. The summed E-state index contributed by atoms with van der Waals surface area (Å²) in [6, 6.07) is 21.8. The minimum Gasteiger partial charge on any atom is -0.339 e. The quantitative estimate of drug-likeness (QED) is 0.447. The Hall–Kier alpha value is -2.77. The Morgan fingerprint density at radius 2 is 1.55 bits per heavy atom. The van der Waals surface area contributed by atoms with Crippen LogP contribution in [-0.4, -0.2) is 38.6 Å². The van der Waals surface area contributed by atoms with Gasteiger partial charge in [-0.05, 0) is 48.9 Å². The van der Waals surface area contributed by atoms with E-state index in [-0.39, 0.29) is 10.8 Å². The summed E-state index contributed by atoms with van der Waals surface area (Å²) in [4.78, 5) is 16.0. The maximum atomic E-state index is 13.3. The summed E-state index contributed by atoms with van der Waals surface area (Å²) in [6.45, 7) is 1.43. The van der Waals surface area contributed by atoms with Gasteiger partial charge in [0, 0.05) is 23.5 Å². The summed E-state index contributed by atoms with van der Waals surface area (Å²) >= 11 is 1.45. The summed E-state index contributed by atoms with van der Waals surface area (Å²) in [6.07, 6.45) is 6.11. The van der Waals surface area contributed by atoms with Crippen molar-refractivity contribution in [1.29, 1.82) is 0 Å². The minimum atomic E-state index is -3.89. The van der Waals surface area contributed by atoms with E-state index in [1.807, 2.05) is 53.6 Å². The first-order chi connectivity index (χ1) is 16.0. The fraction of sp³-hybridized carbons (Fsp3) is 0.269. The van der Waals surface area contributed by atoms with Crippen molar-refractivity contribution < 1.29 is 13.2 Å². The molecule has 0 saturated carbocycles. The van der Waals surface area contributed by atoms with E-state index in [1.54, 1.807) is 24.3 Å². The van der Waals surface area contributed by atoms with Gasteiger partial charge in [-0.2, -0.15) is 0 Å². The summed E-state index contributed by atoms with van der Waals surface area (Å²) in [7, 11) is -3.89. The lowest BCUT2D eigenvalue weighted by Crippen LogP contribution is -2.32. The number of carbonyl (C=O) groups excluding carboxylic acids is 1. The van der Waals surface area contributed by atoms with E-state index in [2.05, 4.69) is 4.72 Å². The number of nitrogens with one attached hydrogen (secondary N) is 1. The molecule has 0 spiro atoms. The van der Waals surface area contributed by atoms with Gasteiger partial charge in [-0.3, -0.25) is 9.52 Å². The highest BCUT2D eigenvalue weighted by atomic mass is 32.2. The molecule has 1 amide bonds. The first-order valence-corrected chi connectivity index (χ1v) is 13.8. The zero-order chi connectivity index (χ0) is 23.3. The lowest BCUT2D eigenvalue weighted by molar-refractivity contribution is 0.0758. The zero-order valence-corrected chi connectivity index (χ0v) is 20.3. The van der Waals surface area contributed by atoms with E-state index in [9.17, 15) is 13.2 Å². The Morgan fingerprint density at radius 3 is 2.24 bits per heavy atom. The van der Waals surface area contributed by atoms with Gasteiger partial charge in [-0.1, -0.05) is 61.4 Å². The Labute approximate surface area is 200 Å². The fourth-order valence-electron chi connectivity index (χ4n) is 4.11. The third-order valence-electron chi connectivity index (χ3n) is 5.86. The van der Waals surface area contributed by atoms with E-state index in [4.69, 9.17) is 0 Å². The Kier molecular flexibility index (Phi) is 7.40. The van der Waals surface area contributed by atoms with Gasteiger partial charge in [-0.15, -0.1) is 11.8 Å². The molecule has 1 heterocycles. The second-order valence-corrected chi connectivity index (χ2v) is 10.6. The van der Waals surface area contributed by atoms with Gasteiger partial charge >= 0.3 is 0 Å². The highest BCUT2D eigenvalue weighted by molar-refractivity contribution is 7.98. The highest BCUT2D eigenvalue weighted by Gasteiger charge is 2.24. The van der Waals surface area contributed by atoms with Crippen molar-refractivity contribution in [2.75, 3.05) is 24.1 Å². The van der Waals surface area contributed by atoms with Gasteiger partial charge < -0.3 is 4.90 Å². The number of carbonyl (C=O) groups is 1. The van der Waals surface area contributed by atoms with Crippen molar-refractivity contribution >= 4 is 33.4 Å². The van der Waals surface area contributed by atoms with Crippen LogP contribution in [0.1, 0.15) is 36.0 Å². The Balaban J connectivity index is 1.67. The number of likely N-dealkylation sites (tertiary alicyclic amines) is 1. The van der Waals surface area contributed by atoms with Crippen molar-refractivity contribution in [1.82, 2.24) is 4.90 Å². The van der Waals surface area contributed by atoms with Crippen molar-refractivity contribution in [3.8, 4) is 11.1 Å². The van der Waals surface area contributed by atoms with Gasteiger partial charge in [0.25, 0.3) is 15.9 Å². The van der Waals surface area contributed by atoms with Crippen LogP contribution in [-0.2, 0) is 10.0 Å². The number of sulfonamides is 1. The van der Waals surface area contributed by atoms with E-state index < -0.39 is 10.0 Å². The van der Waals surface area contributed by atoms with Crippen LogP contribution in [0.4, 0.5) is 5.69 Å². The summed E-state index contributed by atoms with van der Waals surface area (Å²) in [5, 5.41) is 0. The monoisotopic (exact) mass is 480 g/mol. The predicted octanol–water partition coefficient (Wildman–Crippen LogP) is 5.89. The van der Waals surface area contributed by atoms with Crippen molar-refractivity contribution in [2.45, 2.75) is 35.5 Å². The predicted molar refractivity (Wildman–Crippen MR) is 135 cm³/mol. The van der Waals surface area contributed by atoms with Gasteiger partial charge in [0.2, 0.25) is 0 Å². The van der Waals surface area contributed by atoms with Crippen LogP contribution >= 0.6 is 11.8 Å². The number of hydrogen-bond acceptors (Lipinski definition) is 4. The highest BCUT2D eigenvalue weighted by Crippen LogP contribution is 2.31. The molecule has 1 saturated heterocycles. The molecule has 1 aliphatic rings. The molecule has 172 valence electrons. The molecule has 33 heavy (non-hydrogen) atoms. The third-order valence-corrected chi connectivity index (χ3v) is 8.02. The number of thioether (sulfide) groups is 1. The molecule has 5 nitrogen and oxygen atoms in total. The first-order valence-electron chi connectivity index (χ1n) is 11.1.